The summed E-state index contributed by atoms with van der Waals surface area (Å²) in [5, 5.41) is 10.9. The van der Waals surface area contributed by atoms with E-state index in [1.165, 1.54) is 6.07 Å². The van der Waals surface area contributed by atoms with Crippen LogP contribution in [0.15, 0.2) is 72.8 Å². The number of nitrogens with zero attached hydrogens (tertiary/aromatic N) is 2. The Bertz CT molecular complexity index is 1280. The summed E-state index contributed by atoms with van der Waals surface area (Å²) in [5.74, 6) is 0.0722. The smallest absolute Gasteiger partial charge is 0.223 e. The molecule has 1 amide bonds. The summed E-state index contributed by atoms with van der Waals surface area (Å²) in [6, 6.07) is 22.0. The summed E-state index contributed by atoms with van der Waals surface area (Å²) >= 11 is 0. The van der Waals surface area contributed by atoms with Gasteiger partial charge < -0.3 is 19.9 Å². The number of hydrogen-bond donors (Lipinski definition) is 2. The summed E-state index contributed by atoms with van der Waals surface area (Å²) < 4.78 is 14.0. The number of carbonyl (C=O) groups is 1. The molecular weight excluding hydrogens is 417 g/mol. The summed E-state index contributed by atoms with van der Waals surface area (Å²) in [4.78, 5) is 20.4. The van der Waals surface area contributed by atoms with E-state index in [4.69, 9.17) is 0 Å². The van der Waals surface area contributed by atoms with Crippen molar-refractivity contribution in [2.45, 2.75) is 12.8 Å². The molecule has 0 saturated carbocycles. The van der Waals surface area contributed by atoms with Gasteiger partial charge in [-0.1, -0.05) is 42.5 Å². The number of halogens is 1. The first-order valence-corrected chi connectivity index (χ1v) is 11.3. The molecule has 0 spiro atoms. The predicted molar refractivity (Wildman–Crippen MR) is 129 cm³/mol. The first-order valence-electron chi connectivity index (χ1n) is 11.3. The number of aromatic nitrogens is 1. The minimum Gasteiger partial charge on any atom is -0.506 e. The van der Waals surface area contributed by atoms with Gasteiger partial charge in [0.25, 0.3) is 0 Å². The van der Waals surface area contributed by atoms with Crippen LogP contribution < -0.4 is 4.90 Å². The van der Waals surface area contributed by atoms with Crippen molar-refractivity contribution >= 4 is 22.5 Å². The molecule has 5 rings (SSSR count). The Hall–Kier alpha value is -3.80. The third-order valence-electron chi connectivity index (χ3n) is 6.37. The fourth-order valence-corrected chi connectivity index (χ4v) is 4.65. The van der Waals surface area contributed by atoms with E-state index in [0.717, 1.165) is 33.4 Å². The Morgan fingerprint density at radius 2 is 1.67 bits per heavy atom. The van der Waals surface area contributed by atoms with Crippen molar-refractivity contribution < 1.29 is 14.3 Å². The number of aromatic hydroxyl groups is 1. The number of aryl methyl sites for hydroxylation is 1. The maximum Gasteiger partial charge on any atom is 0.223 e. The van der Waals surface area contributed by atoms with E-state index in [-0.39, 0.29) is 17.5 Å². The minimum atomic E-state index is -0.283. The molecule has 0 radical (unpaired) electrons. The van der Waals surface area contributed by atoms with Gasteiger partial charge in [-0.3, -0.25) is 4.79 Å². The van der Waals surface area contributed by atoms with Crippen molar-refractivity contribution in [3.63, 3.8) is 0 Å². The van der Waals surface area contributed by atoms with Gasteiger partial charge in [0.05, 0.1) is 5.69 Å². The molecule has 0 bridgehead atoms. The number of fused-ring (bicyclic) bond motifs is 1. The first kappa shape index (κ1) is 21.1. The van der Waals surface area contributed by atoms with E-state index in [2.05, 4.69) is 9.88 Å². The van der Waals surface area contributed by atoms with Gasteiger partial charge in [0.1, 0.15) is 11.6 Å². The number of amides is 1. The van der Waals surface area contributed by atoms with Crippen LogP contribution in [0.2, 0.25) is 0 Å². The number of H-pyrrole nitrogens is 1. The van der Waals surface area contributed by atoms with Crippen LogP contribution in [0, 0.1) is 5.82 Å². The third kappa shape index (κ3) is 4.29. The average Bonchev–Trinajstić information content (AvgIpc) is 3.21. The zero-order valence-electron chi connectivity index (χ0n) is 18.3. The Morgan fingerprint density at radius 1 is 0.939 bits per heavy atom. The lowest BCUT2D eigenvalue weighted by Gasteiger charge is -2.36. The van der Waals surface area contributed by atoms with Crippen molar-refractivity contribution in [1.82, 2.24) is 9.88 Å². The number of benzene rings is 3. The second kappa shape index (κ2) is 8.98. The highest BCUT2D eigenvalue weighted by Gasteiger charge is 2.23. The Labute approximate surface area is 192 Å². The van der Waals surface area contributed by atoms with Crippen molar-refractivity contribution in [2.75, 3.05) is 31.1 Å². The fourth-order valence-electron chi connectivity index (χ4n) is 4.65. The largest absolute Gasteiger partial charge is 0.506 e. The molecule has 2 N–H and O–H groups in total. The molecular formula is C27H26FN3O2. The molecule has 0 aliphatic carbocycles. The van der Waals surface area contributed by atoms with Crippen LogP contribution in [-0.4, -0.2) is 47.1 Å². The minimum absolute atomic E-state index is 0.0942. The van der Waals surface area contributed by atoms with Crippen LogP contribution in [0.4, 0.5) is 10.1 Å². The number of nitrogens with one attached hydrogen (secondary N) is 1. The summed E-state index contributed by atoms with van der Waals surface area (Å²) in [6.45, 7) is 2.58. The predicted octanol–water partition coefficient (Wildman–Crippen LogP) is 4.96. The van der Waals surface area contributed by atoms with Crippen LogP contribution in [0.1, 0.15) is 12.0 Å². The van der Waals surface area contributed by atoms with E-state index in [1.54, 1.807) is 24.3 Å². The normalized spacial score (nSPS) is 14.1. The topological polar surface area (TPSA) is 59.6 Å². The quantitative estimate of drug-likeness (QED) is 0.458. The number of para-hydroxylation sites is 2. The molecule has 168 valence electrons. The molecule has 1 saturated heterocycles. The van der Waals surface area contributed by atoms with Crippen LogP contribution in [0.3, 0.4) is 0 Å². The highest BCUT2D eigenvalue weighted by atomic mass is 19.1. The molecule has 3 aromatic carbocycles. The molecule has 1 aromatic heterocycles. The number of aromatic amines is 1. The number of hydrogen-bond acceptors (Lipinski definition) is 3. The van der Waals surface area contributed by atoms with Crippen LogP contribution >= 0.6 is 0 Å². The van der Waals surface area contributed by atoms with E-state index in [9.17, 15) is 14.3 Å². The third-order valence-corrected chi connectivity index (χ3v) is 6.37. The molecule has 33 heavy (non-hydrogen) atoms. The molecule has 4 aromatic rings. The van der Waals surface area contributed by atoms with Gasteiger partial charge in [-0.05, 0) is 47.9 Å². The van der Waals surface area contributed by atoms with Crippen molar-refractivity contribution in [2.24, 2.45) is 0 Å². The van der Waals surface area contributed by atoms with Gasteiger partial charge in [-0.15, -0.1) is 0 Å². The Balaban J connectivity index is 1.30. The SMILES string of the molecule is O=C(CCc1c(-c2ccccc2)[nH]c2ccc(F)cc12)N1CCN(c2ccccc2O)CC1. The second-order valence-corrected chi connectivity index (χ2v) is 8.39. The van der Waals surface area contributed by atoms with Gasteiger partial charge in [0.2, 0.25) is 5.91 Å². The number of piperazine rings is 1. The maximum atomic E-state index is 14.0. The number of rotatable bonds is 5. The monoisotopic (exact) mass is 443 g/mol. The molecule has 1 aliphatic heterocycles. The van der Waals surface area contributed by atoms with E-state index >= 15 is 0 Å². The van der Waals surface area contributed by atoms with E-state index in [0.29, 0.717) is 39.0 Å². The Kier molecular flexibility index (Phi) is 5.73. The van der Waals surface area contributed by atoms with Gasteiger partial charge >= 0.3 is 0 Å². The zero-order chi connectivity index (χ0) is 22.8. The highest BCUT2D eigenvalue weighted by molar-refractivity contribution is 5.91. The lowest BCUT2D eigenvalue weighted by molar-refractivity contribution is -0.131. The summed E-state index contributed by atoms with van der Waals surface area (Å²) in [6.07, 6.45) is 0.895. The number of phenolic OH excluding ortho intramolecular Hbond substituents is 1. The van der Waals surface area contributed by atoms with Gasteiger partial charge in [0.15, 0.2) is 0 Å². The van der Waals surface area contributed by atoms with E-state index < -0.39 is 0 Å². The number of anilines is 1. The van der Waals surface area contributed by atoms with Crippen LogP contribution in [0.25, 0.3) is 22.2 Å². The molecule has 1 aliphatic rings. The highest BCUT2D eigenvalue weighted by Crippen LogP contribution is 2.32. The van der Waals surface area contributed by atoms with Gasteiger partial charge in [-0.25, -0.2) is 4.39 Å². The maximum absolute atomic E-state index is 14.0. The Morgan fingerprint density at radius 3 is 2.42 bits per heavy atom. The number of carbonyl (C=O) groups excluding carboxylic acids is 1. The molecule has 1 fully saturated rings. The molecule has 6 heteroatoms. The number of phenols is 1. The fraction of sp³-hybridized carbons (Fsp3) is 0.222. The van der Waals surface area contributed by atoms with Crippen LogP contribution in [-0.2, 0) is 11.2 Å². The van der Waals surface area contributed by atoms with Crippen LogP contribution in [0.5, 0.6) is 5.75 Å². The lowest BCUT2D eigenvalue weighted by Crippen LogP contribution is -2.48. The molecule has 5 nitrogen and oxygen atoms in total. The second-order valence-electron chi connectivity index (χ2n) is 8.39. The molecule has 2 heterocycles. The van der Waals surface area contributed by atoms with Crippen molar-refractivity contribution in [3.05, 3.63) is 84.2 Å². The summed E-state index contributed by atoms with van der Waals surface area (Å²) in [5.41, 5.74) is 4.60. The average molecular weight is 444 g/mol. The van der Waals surface area contributed by atoms with Gasteiger partial charge in [-0.2, -0.15) is 0 Å². The molecule has 0 unspecified atom stereocenters. The van der Waals surface area contributed by atoms with Gasteiger partial charge in [0, 0.05) is 49.2 Å². The zero-order valence-corrected chi connectivity index (χ0v) is 18.3. The summed E-state index contributed by atoms with van der Waals surface area (Å²) in [7, 11) is 0. The standard InChI is InChI=1S/C27H26FN3O2/c28-20-10-12-23-22(18-20)21(27(29-23)19-6-2-1-3-7-19)11-13-26(33)31-16-14-30(15-17-31)24-8-4-5-9-25(24)32/h1-10,12,18,29,32H,11,13-17H2. The lowest BCUT2D eigenvalue weighted by atomic mass is 10.0. The van der Waals surface area contributed by atoms with E-state index in [1.807, 2.05) is 47.4 Å². The van der Waals surface area contributed by atoms with Crippen molar-refractivity contribution in [1.29, 1.82) is 0 Å². The van der Waals surface area contributed by atoms with Crippen molar-refractivity contribution in [3.8, 4) is 17.0 Å². The molecule has 0 atom stereocenters. The first-order chi connectivity index (χ1) is 16.1.